The van der Waals surface area contributed by atoms with Gasteiger partial charge in [0.05, 0.1) is 24.4 Å². The van der Waals surface area contributed by atoms with E-state index in [1.165, 1.54) is 0 Å². The van der Waals surface area contributed by atoms with Gasteiger partial charge < -0.3 is 15.0 Å². The Morgan fingerprint density at radius 2 is 1.96 bits per heavy atom. The molecule has 1 saturated heterocycles. The molecule has 5 nitrogen and oxygen atoms in total. The van der Waals surface area contributed by atoms with Crippen LogP contribution in [-0.2, 0) is 4.74 Å². The summed E-state index contributed by atoms with van der Waals surface area (Å²) in [5.41, 5.74) is 1.29. The third-order valence-corrected chi connectivity index (χ3v) is 4.25. The van der Waals surface area contributed by atoms with Gasteiger partial charge in [0, 0.05) is 24.9 Å². The molecule has 24 heavy (non-hydrogen) atoms. The molecule has 0 atom stereocenters. The Morgan fingerprint density at radius 3 is 2.79 bits per heavy atom. The number of benzene rings is 1. The lowest BCUT2D eigenvalue weighted by molar-refractivity contribution is 0.122. The number of aromatic nitrogens is 2. The summed E-state index contributed by atoms with van der Waals surface area (Å²) in [4.78, 5) is 11.4. The van der Waals surface area contributed by atoms with Gasteiger partial charge in [-0.05, 0) is 24.6 Å². The summed E-state index contributed by atoms with van der Waals surface area (Å²) in [5, 5.41) is 4.04. The first-order valence-corrected chi connectivity index (χ1v) is 8.23. The number of para-hydroxylation sites is 1. The van der Waals surface area contributed by atoms with Crippen molar-refractivity contribution in [1.29, 1.82) is 0 Å². The van der Waals surface area contributed by atoms with Crippen LogP contribution in [0.15, 0.2) is 47.9 Å². The number of nitrogens with one attached hydrogen (secondary N) is 1. The Morgan fingerprint density at radius 1 is 1.12 bits per heavy atom. The molecule has 4 rings (SSSR count). The molecule has 0 amide bonds. The van der Waals surface area contributed by atoms with Crippen LogP contribution in [0.3, 0.4) is 0 Å². The van der Waals surface area contributed by atoms with E-state index in [0.717, 1.165) is 36.2 Å². The molecule has 1 aliphatic heterocycles. The first-order chi connectivity index (χ1) is 11.8. The summed E-state index contributed by atoms with van der Waals surface area (Å²) >= 11 is 0. The van der Waals surface area contributed by atoms with Gasteiger partial charge in [0.25, 0.3) is 0 Å². The molecule has 0 radical (unpaired) electrons. The van der Waals surface area contributed by atoms with Crippen LogP contribution in [0, 0.1) is 0 Å². The maximum atomic E-state index is 14.0. The van der Waals surface area contributed by atoms with Crippen LogP contribution in [-0.4, -0.2) is 36.3 Å². The first kappa shape index (κ1) is 15.1. The van der Waals surface area contributed by atoms with Crippen molar-refractivity contribution in [3.05, 3.63) is 47.9 Å². The van der Waals surface area contributed by atoms with Crippen molar-refractivity contribution >= 4 is 22.7 Å². The Hall–Kier alpha value is -2.47. The number of hydrogen-bond donors (Lipinski definition) is 1. The molecule has 2 aliphatic rings. The number of halogens is 1. The van der Waals surface area contributed by atoms with E-state index >= 15 is 0 Å². The third kappa shape index (κ3) is 2.97. The van der Waals surface area contributed by atoms with Crippen LogP contribution in [0.25, 0.3) is 10.9 Å². The molecule has 1 aromatic heterocycles. The number of allylic oxidation sites excluding steroid dienone is 3. The Kier molecular flexibility index (Phi) is 4.13. The van der Waals surface area contributed by atoms with Crippen molar-refractivity contribution in [2.24, 2.45) is 0 Å². The van der Waals surface area contributed by atoms with E-state index in [0.29, 0.717) is 31.3 Å². The lowest BCUT2D eigenvalue weighted by Gasteiger charge is -2.29. The minimum absolute atomic E-state index is 0.151. The average molecular weight is 326 g/mol. The SMILES string of the molecule is FC1=C(Nc2nc(N3CCOCC3)c3ccccc3n2)C=CCC1. The van der Waals surface area contributed by atoms with E-state index in [-0.39, 0.29) is 5.83 Å². The highest BCUT2D eigenvalue weighted by molar-refractivity contribution is 5.90. The molecule has 0 spiro atoms. The molecule has 6 heteroatoms. The van der Waals surface area contributed by atoms with Crippen molar-refractivity contribution in [2.45, 2.75) is 12.8 Å². The van der Waals surface area contributed by atoms with Gasteiger partial charge in [-0.3, -0.25) is 0 Å². The number of fused-ring (bicyclic) bond motifs is 1. The second-order valence-electron chi connectivity index (χ2n) is 5.87. The molecule has 1 N–H and O–H groups in total. The average Bonchev–Trinajstić information content (AvgIpc) is 2.64. The summed E-state index contributed by atoms with van der Waals surface area (Å²) in [6, 6.07) is 7.90. The number of nitrogens with zero attached hydrogens (tertiary/aromatic N) is 3. The second-order valence-corrected chi connectivity index (χ2v) is 5.87. The van der Waals surface area contributed by atoms with Gasteiger partial charge in [-0.1, -0.05) is 18.2 Å². The summed E-state index contributed by atoms with van der Waals surface area (Å²) in [6.07, 6.45) is 4.86. The van der Waals surface area contributed by atoms with E-state index in [9.17, 15) is 4.39 Å². The zero-order chi connectivity index (χ0) is 16.4. The monoisotopic (exact) mass is 326 g/mol. The number of anilines is 2. The normalized spacial score (nSPS) is 18.3. The maximum Gasteiger partial charge on any atom is 0.229 e. The third-order valence-electron chi connectivity index (χ3n) is 4.25. The quantitative estimate of drug-likeness (QED) is 0.937. The van der Waals surface area contributed by atoms with Gasteiger partial charge in [-0.2, -0.15) is 4.98 Å². The molecular formula is C18H19FN4O. The lowest BCUT2D eigenvalue weighted by atomic mass is 10.1. The predicted molar refractivity (Wildman–Crippen MR) is 92.7 cm³/mol. The number of rotatable bonds is 3. The standard InChI is InChI=1S/C18H19FN4O/c19-14-6-2-4-8-16(14)21-18-20-15-7-3-1-5-13(15)17(22-18)23-9-11-24-12-10-23/h1,3-5,7-8H,2,6,9-12H2,(H,20,21,22). The smallest absolute Gasteiger partial charge is 0.229 e. The van der Waals surface area contributed by atoms with Crippen molar-refractivity contribution in [2.75, 3.05) is 36.5 Å². The van der Waals surface area contributed by atoms with Crippen molar-refractivity contribution in [3.63, 3.8) is 0 Å². The summed E-state index contributed by atoms with van der Waals surface area (Å²) in [5.74, 6) is 1.14. The molecular weight excluding hydrogens is 307 g/mol. The van der Waals surface area contributed by atoms with Crippen molar-refractivity contribution in [1.82, 2.24) is 9.97 Å². The zero-order valence-corrected chi connectivity index (χ0v) is 13.3. The van der Waals surface area contributed by atoms with E-state index in [4.69, 9.17) is 4.74 Å². The van der Waals surface area contributed by atoms with Crippen LogP contribution in [0.5, 0.6) is 0 Å². The van der Waals surface area contributed by atoms with E-state index in [1.807, 2.05) is 30.3 Å². The predicted octanol–water partition coefficient (Wildman–Crippen LogP) is 3.41. The minimum Gasteiger partial charge on any atom is -0.378 e. The fraction of sp³-hybridized carbons (Fsp3) is 0.333. The Bertz CT molecular complexity index is 812. The molecule has 2 aromatic rings. The summed E-state index contributed by atoms with van der Waals surface area (Å²) < 4.78 is 19.4. The van der Waals surface area contributed by atoms with Crippen LogP contribution in [0.4, 0.5) is 16.2 Å². The van der Waals surface area contributed by atoms with Gasteiger partial charge in [-0.15, -0.1) is 0 Å². The molecule has 0 unspecified atom stereocenters. The fourth-order valence-corrected chi connectivity index (χ4v) is 3.00. The van der Waals surface area contributed by atoms with Gasteiger partial charge in [0.2, 0.25) is 5.95 Å². The Balaban J connectivity index is 1.75. The van der Waals surface area contributed by atoms with E-state index in [2.05, 4.69) is 20.2 Å². The second kappa shape index (κ2) is 6.57. The topological polar surface area (TPSA) is 50.3 Å². The number of morpholine rings is 1. The highest BCUT2D eigenvalue weighted by atomic mass is 19.1. The first-order valence-electron chi connectivity index (χ1n) is 8.23. The molecule has 1 aliphatic carbocycles. The van der Waals surface area contributed by atoms with Crippen molar-refractivity contribution < 1.29 is 9.13 Å². The van der Waals surface area contributed by atoms with Gasteiger partial charge >= 0.3 is 0 Å². The fourth-order valence-electron chi connectivity index (χ4n) is 3.00. The molecule has 0 bridgehead atoms. The van der Waals surface area contributed by atoms with Crippen LogP contribution < -0.4 is 10.2 Å². The van der Waals surface area contributed by atoms with Gasteiger partial charge in [0.15, 0.2) is 0 Å². The van der Waals surface area contributed by atoms with Gasteiger partial charge in [-0.25, -0.2) is 9.37 Å². The van der Waals surface area contributed by atoms with E-state index < -0.39 is 0 Å². The lowest BCUT2D eigenvalue weighted by Crippen LogP contribution is -2.37. The number of ether oxygens (including phenoxy) is 1. The van der Waals surface area contributed by atoms with Crippen molar-refractivity contribution in [3.8, 4) is 0 Å². The van der Waals surface area contributed by atoms with Crippen LogP contribution >= 0.6 is 0 Å². The summed E-state index contributed by atoms with van der Waals surface area (Å²) in [6.45, 7) is 2.95. The van der Waals surface area contributed by atoms with E-state index in [1.54, 1.807) is 6.08 Å². The van der Waals surface area contributed by atoms with Gasteiger partial charge in [0.1, 0.15) is 11.6 Å². The Labute approximate surface area is 139 Å². The molecule has 1 aromatic carbocycles. The molecule has 2 heterocycles. The highest BCUT2D eigenvalue weighted by Crippen LogP contribution is 2.27. The summed E-state index contributed by atoms with van der Waals surface area (Å²) in [7, 11) is 0. The van der Waals surface area contributed by atoms with Crippen LogP contribution in [0.1, 0.15) is 12.8 Å². The molecule has 124 valence electrons. The van der Waals surface area contributed by atoms with Crippen LogP contribution in [0.2, 0.25) is 0 Å². The zero-order valence-electron chi connectivity index (χ0n) is 13.3. The minimum atomic E-state index is -0.151. The largest absolute Gasteiger partial charge is 0.378 e. The molecule has 1 fully saturated rings. The molecule has 0 saturated carbocycles. The highest BCUT2D eigenvalue weighted by Gasteiger charge is 2.18. The number of hydrogen-bond acceptors (Lipinski definition) is 5. The maximum absolute atomic E-state index is 14.0.